The second-order valence-corrected chi connectivity index (χ2v) is 7.32. The van der Waals surface area contributed by atoms with Crippen LogP contribution in [0, 0.1) is 6.92 Å². The van der Waals surface area contributed by atoms with Gasteiger partial charge in [0.1, 0.15) is 0 Å². The third-order valence-electron chi connectivity index (χ3n) is 3.93. The van der Waals surface area contributed by atoms with Crippen LogP contribution in [0.1, 0.15) is 32.6 Å². The van der Waals surface area contributed by atoms with Crippen LogP contribution in [0.25, 0.3) is 0 Å². The zero-order valence-corrected chi connectivity index (χ0v) is 15.3. The van der Waals surface area contributed by atoms with Gasteiger partial charge in [-0.25, -0.2) is 0 Å². The maximum atomic E-state index is 13.0. The highest BCUT2D eigenvalue weighted by Gasteiger charge is 2.19. The number of rotatable bonds is 7. The summed E-state index contributed by atoms with van der Waals surface area (Å²) in [5.41, 5.74) is 2.45. The lowest BCUT2D eigenvalue weighted by Gasteiger charge is -2.24. The summed E-state index contributed by atoms with van der Waals surface area (Å²) in [5, 5.41) is 0. The fraction of sp³-hybridized carbons (Fsp3) is 0.421. The van der Waals surface area contributed by atoms with Gasteiger partial charge in [0.05, 0.1) is 4.88 Å². The topological polar surface area (TPSA) is 23.6 Å². The summed E-state index contributed by atoms with van der Waals surface area (Å²) < 4.78 is 0. The fourth-order valence-electron chi connectivity index (χ4n) is 2.51. The maximum Gasteiger partial charge on any atom is 0.264 e. The van der Waals surface area contributed by atoms with E-state index >= 15 is 0 Å². The summed E-state index contributed by atoms with van der Waals surface area (Å²) in [4.78, 5) is 19.1. The highest BCUT2D eigenvalue weighted by molar-refractivity contribution is 7.14. The maximum absolute atomic E-state index is 13.0. The first-order valence-electron chi connectivity index (χ1n) is 8.08. The van der Waals surface area contributed by atoms with E-state index in [0.717, 1.165) is 24.4 Å². The van der Waals surface area contributed by atoms with Crippen molar-refractivity contribution in [2.45, 2.75) is 26.8 Å². The summed E-state index contributed by atoms with van der Waals surface area (Å²) in [6, 6.07) is 12.3. The van der Waals surface area contributed by atoms with E-state index in [9.17, 15) is 4.79 Å². The van der Waals surface area contributed by atoms with Crippen LogP contribution in [0.5, 0.6) is 0 Å². The van der Waals surface area contributed by atoms with Gasteiger partial charge in [-0.2, -0.15) is 0 Å². The Bertz CT molecular complexity index is 634. The molecule has 0 saturated carbocycles. The molecular weight excluding hydrogens is 304 g/mol. The summed E-state index contributed by atoms with van der Waals surface area (Å²) in [7, 11) is 4.07. The van der Waals surface area contributed by atoms with Gasteiger partial charge in [-0.3, -0.25) is 4.79 Å². The number of thiophene rings is 1. The Labute approximate surface area is 143 Å². The number of benzene rings is 1. The van der Waals surface area contributed by atoms with E-state index in [2.05, 4.69) is 36.9 Å². The zero-order chi connectivity index (χ0) is 16.8. The first kappa shape index (κ1) is 17.7. The van der Waals surface area contributed by atoms with Gasteiger partial charge in [-0.05, 0) is 44.6 Å². The van der Waals surface area contributed by atoms with Gasteiger partial charge in [0.2, 0.25) is 0 Å². The predicted molar refractivity (Wildman–Crippen MR) is 98.2 cm³/mol. The van der Waals surface area contributed by atoms with E-state index in [1.807, 2.05) is 37.2 Å². The lowest BCUT2D eigenvalue weighted by molar-refractivity contribution is 0.0737. The van der Waals surface area contributed by atoms with E-state index in [1.54, 1.807) is 11.3 Å². The molecule has 2 rings (SSSR count). The monoisotopic (exact) mass is 330 g/mol. The van der Waals surface area contributed by atoms with Crippen molar-refractivity contribution in [2.75, 3.05) is 27.2 Å². The summed E-state index contributed by atoms with van der Waals surface area (Å²) in [6.45, 7) is 6.49. The Balaban J connectivity index is 2.18. The van der Waals surface area contributed by atoms with Crippen molar-refractivity contribution in [1.82, 2.24) is 9.80 Å². The number of carbonyl (C=O) groups is 1. The fourth-order valence-corrected chi connectivity index (χ4v) is 3.59. The zero-order valence-electron chi connectivity index (χ0n) is 14.5. The van der Waals surface area contributed by atoms with Crippen LogP contribution in [0.4, 0.5) is 0 Å². The van der Waals surface area contributed by atoms with E-state index in [1.165, 1.54) is 16.0 Å². The molecule has 0 unspecified atom stereocenters. The number of carbonyl (C=O) groups excluding carboxylic acids is 1. The summed E-state index contributed by atoms with van der Waals surface area (Å²) in [5.74, 6) is 0.142. The third-order valence-corrected chi connectivity index (χ3v) is 5.01. The third kappa shape index (κ3) is 4.91. The van der Waals surface area contributed by atoms with Crippen molar-refractivity contribution < 1.29 is 4.79 Å². The van der Waals surface area contributed by atoms with Crippen molar-refractivity contribution in [2.24, 2.45) is 0 Å². The van der Waals surface area contributed by atoms with Crippen LogP contribution in [-0.2, 0) is 13.0 Å². The number of aryl methyl sites for hydroxylation is 2. The standard InChI is InChI=1S/C19H26N2OS/c1-5-17-13-18(23-15(17)2)19(22)21(12-11-20(3)4)14-16-9-7-6-8-10-16/h6-10,13H,5,11-12,14H2,1-4H3. The quantitative estimate of drug-likeness (QED) is 0.770. The minimum Gasteiger partial charge on any atom is -0.332 e. The number of nitrogens with zero attached hydrogens (tertiary/aromatic N) is 2. The first-order valence-corrected chi connectivity index (χ1v) is 8.90. The molecule has 0 atom stereocenters. The largest absolute Gasteiger partial charge is 0.332 e. The average molecular weight is 330 g/mol. The minimum absolute atomic E-state index is 0.142. The Morgan fingerprint density at radius 3 is 2.39 bits per heavy atom. The van der Waals surface area contributed by atoms with Crippen molar-refractivity contribution in [3.63, 3.8) is 0 Å². The molecule has 1 amide bonds. The van der Waals surface area contributed by atoms with Crippen LogP contribution < -0.4 is 0 Å². The molecule has 4 heteroatoms. The van der Waals surface area contributed by atoms with E-state index in [4.69, 9.17) is 0 Å². The van der Waals surface area contributed by atoms with Crippen molar-refractivity contribution >= 4 is 17.2 Å². The molecule has 0 aliphatic carbocycles. The molecule has 3 nitrogen and oxygen atoms in total. The molecule has 23 heavy (non-hydrogen) atoms. The number of amides is 1. The Kier molecular flexibility index (Phi) is 6.37. The Morgan fingerprint density at radius 2 is 1.83 bits per heavy atom. The van der Waals surface area contributed by atoms with Crippen LogP contribution in [-0.4, -0.2) is 42.9 Å². The SMILES string of the molecule is CCc1cc(C(=O)N(CCN(C)C)Cc2ccccc2)sc1C. The van der Waals surface area contributed by atoms with Crippen LogP contribution in [0.2, 0.25) is 0 Å². The second-order valence-electron chi connectivity index (χ2n) is 6.06. The number of hydrogen-bond donors (Lipinski definition) is 0. The molecule has 0 radical (unpaired) electrons. The molecule has 0 N–H and O–H groups in total. The smallest absolute Gasteiger partial charge is 0.264 e. The Morgan fingerprint density at radius 1 is 1.13 bits per heavy atom. The van der Waals surface area contributed by atoms with Gasteiger partial charge in [-0.1, -0.05) is 37.3 Å². The van der Waals surface area contributed by atoms with Crippen LogP contribution in [0.3, 0.4) is 0 Å². The number of likely N-dealkylation sites (N-methyl/N-ethyl adjacent to an activating group) is 1. The van der Waals surface area contributed by atoms with E-state index in [-0.39, 0.29) is 5.91 Å². The molecule has 0 bridgehead atoms. The van der Waals surface area contributed by atoms with Gasteiger partial charge in [0.15, 0.2) is 0 Å². The number of hydrogen-bond acceptors (Lipinski definition) is 3. The molecule has 0 aliphatic heterocycles. The first-order chi connectivity index (χ1) is 11.0. The van der Waals surface area contributed by atoms with Gasteiger partial charge in [0, 0.05) is 24.5 Å². The Hall–Kier alpha value is -1.65. The molecule has 1 aromatic carbocycles. The molecule has 0 aliphatic rings. The molecule has 2 aromatic rings. The van der Waals surface area contributed by atoms with Crippen molar-refractivity contribution in [1.29, 1.82) is 0 Å². The minimum atomic E-state index is 0.142. The average Bonchev–Trinajstić information content (AvgIpc) is 2.92. The summed E-state index contributed by atoms with van der Waals surface area (Å²) in [6.07, 6.45) is 0.978. The molecular formula is C19H26N2OS. The van der Waals surface area contributed by atoms with E-state index in [0.29, 0.717) is 6.54 Å². The van der Waals surface area contributed by atoms with E-state index < -0.39 is 0 Å². The summed E-state index contributed by atoms with van der Waals surface area (Å²) >= 11 is 1.62. The van der Waals surface area contributed by atoms with Crippen molar-refractivity contribution in [3.05, 3.63) is 57.3 Å². The molecule has 124 valence electrons. The van der Waals surface area contributed by atoms with Gasteiger partial charge < -0.3 is 9.80 Å². The van der Waals surface area contributed by atoms with Gasteiger partial charge in [-0.15, -0.1) is 11.3 Å². The normalized spacial score (nSPS) is 11.0. The molecule has 0 spiro atoms. The predicted octanol–water partition coefficient (Wildman–Crippen LogP) is 3.82. The van der Waals surface area contributed by atoms with Gasteiger partial charge >= 0.3 is 0 Å². The molecule has 0 fully saturated rings. The second kappa shape index (κ2) is 8.27. The van der Waals surface area contributed by atoms with Gasteiger partial charge in [0.25, 0.3) is 5.91 Å². The van der Waals surface area contributed by atoms with Crippen molar-refractivity contribution in [3.8, 4) is 0 Å². The molecule has 0 saturated heterocycles. The molecule has 1 heterocycles. The lowest BCUT2D eigenvalue weighted by Crippen LogP contribution is -2.35. The van der Waals surface area contributed by atoms with Crippen LogP contribution in [0.15, 0.2) is 36.4 Å². The van der Waals surface area contributed by atoms with Crippen LogP contribution >= 0.6 is 11.3 Å². The lowest BCUT2D eigenvalue weighted by atomic mass is 10.2. The highest BCUT2D eigenvalue weighted by Crippen LogP contribution is 2.24. The molecule has 1 aromatic heterocycles. The highest BCUT2D eigenvalue weighted by atomic mass is 32.1.